The van der Waals surface area contributed by atoms with Gasteiger partial charge in [-0.05, 0) is 36.8 Å². The molecule has 1 aromatic carbocycles. The Morgan fingerprint density at radius 3 is 2.50 bits per heavy atom. The van der Waals surface area contributed by atoms with Crippen molar-refractivity contribution in [3.8, 4) is 5.75 Å². The zero-order valence-electron chi connectivity index (χ0n) is 14.8. The van der Waals surface area contributed by atoms with Gasteiger partial charge in [0.15, 0.2) is 0 Å². The maximum absolute atomic E-state index is 12.0. The second-order valence-electron chi connectivity index (χ2n) is 6.81. The first-order valence-corrected chi connectivity index (χ1v) is 8.82. The molecule has 0 aliphatic carbocycles. The second-order valence-corrected chi connectivity index (χ2v) is 6.81. The molecule has 0 spiro atoms. The number of rotatable bonds is 4. The van der Waals surface area contributed by atoms with E-state index in [1.807, 2.05) is 18.2 Å². The van der Waals surface area contributed by atoms with Crippen molar-refractivity contribution in [2.75, 3.05) is 26.2 Å². The third kappa shape index (κ3) is 3.38. The minimum Gasteiger partial charge on any atom is -0.508 e. The highest BCUT2D eigenvalue weighted by Crippen LogP contribution is 2.28. The van der Waals surface area contributed by atoms with E-state index in [4.69, 9.17) is 8.83 Å². The highest BCUT2D eigenvalue weighted by Gasteiger charge is 2.19. The van der Waals surface area contributed by atoms with Crippen LogP contribution in [0.2, 0.25) is 0 Å². The van der Waals surface area contributed by atoms with E-state index in [9.17, 15) is 9.90 Å². The summed E-state index contributed by atoms with van der Waals surface area (Å²) in [6.07, 6.45) is 1.71. The number of nitrogens with zero attached hydrogens (tertiary/aromatic N) is 2. The Morgan fingerprint density at radius 1 is 1.08 bits per heavy atom. The lowest BCUT2D eigenvalue weighted by molar-refractivity contribution is 0.116. The van der Waals surface area contributed by atoms with Crippen LogP contribution in [0.1, 0.15) is 16.9 Å². The van der Waals surface area contributed by atoms with Crippen LogP contribution >= 0.6 is 0 Å². The van der Waals surface area contributed by atoms with Crippen molar-refractivity contribution in [3.63, 3.8) is 0 Å². The molecular formula is C20H22N2O4. The number of hydrogen-bond donors (Lipinski definition) is 1. The predicted octanol–water partition coefficient (Wildman–Crippen LogP) is 2.72. The number of hydrogen-bond acceptors (Lipinski definition) is 6. The number of benzene rings is 1. The first-order chi connectivity index (χ1) is 12.6. The first-order valence-electron chi connectivity index (χ1n) is 8.82. The van der Waals surface area contributed by atoms with Gasteiger partial charge >= 0.3 is 5.63 Å². The summed E-state index contributed by atoms with van der Waals surface area (Å²) in [6.45, 7) is 7.06. The largest absolute Gasteiger partial charge is 0.508 e. The van der Waals surface area contributed by atoms with E-state index in [1.165, 1.54) is 0 Å². The normalized spacial score (nSPS) is 16.3. The fourth-order valence-electron chi connectivity index (χ4n) is 3.52. The summed E-state index contributed by atoms with van der Waals surface area (Å²) < 4.78 is 10.7. The molecule has 1 aliphatic rings. The molecular weight excluding hydrogens is 332 g/mol. The number of phenolic OH excluding ortho intramolecular Hbond substituents is 1. The lowest BCUT2D eigenvalue weighted by atomic mass is 10.1. The summed E-state index contributed by atoms with van der Waals surface area (Å²) in [5.41, 5.74) is 1.64. The Balaban J connectivity index is 1.48. The molecule has 0 unspecified atom stereocenters. The maximum Gasteiger partial charge on any atom is 0.336 e. The summed E-state index contributed by atoms with van der Waals surface area (Å²) in [5.74, 6) is 1.13. The average Bonchev–Trinajstić information content (AvgIpc) is 3.13. The van der Waals surface area contributed by atoms with E-state index in [0.717, 1.165) is 49.4 Å². The summed E-state index contributed by atoms with van der Waals surface area (Å²) in [5, 5.41) is 10.8. The molecule has 1 fully saturated rings. The van der Waals surface area contributed by atoms with E-state index < -0.39 is 0 Å². The minimum atomic E-state index is -0.377. The van der Waals surface area contributed by atoms with Gasteiger partial charge in [-0.2, -0.15) is 0 Å². The van der Waals surface area contributed by atoms with Gasteiger partial charge in [-0.3, -0.25) is 9.80 Å². The molecule has 26 heavy (non-hydrogen) atoms. The van der Waals surface area contributed by atoms with Gasteiger partial charge in [-0.25, -0.2) is 4.79 Å². The van der Waals surface area contributed by atoms with Crippen LogP contribution in [0.4, 0.5) is 0 Å². The van der Waals surface area contributed by atoms with E-state index in [1.54, 1.807) is 25.3 Å². The summed E-state index contributed by atoms with van der Waals surface area (Å²) in [7, 11) is 0. The molecule has 0 bridgehead atoms. The molecule has 1 N–H and O–H groups in total. The fraction of sp³-hybridized carbons (Fsp3) is 0.350. The van der Waals surface area contributed by atoms with Crippen molar-refractivity contribution in [2.24, 2.45) is 0 Å². The van der Waals surface area contributed by atoms with Crippen molar-refractivity contribution in [1.29, 1.82) is 0 Å². The molecule has 3 heterocycles. The Kier molecular flexibility index (Phi) is 4.53. The van der Waals surface area contributed by atoms with Crippen LogP contribution in [-0.2, 0) is 13.1 Å². The molecule has 6 nitrogen and oxygen atoms in total. The molecule has 136 valence electrons. The third-order valence-corrected chi connectivity index (χ3v) is 5.04. The van der Waals surface area contributed by atoms with Crippen LogP contribution in [-0.4, -0.2) is 41.1 Å². The number of furan rings is 1. The average molecular weight is 354 g/mol. The molecule has 0 radical (unpaired) electrons. The van der Waals surface area contributed by atoms with Gasteiger partial charge in [0.1, 0.15) is 17.1 Å². The highest BCUT2D eigenvalue weighted by molar-refractivity contribution is 5.84. The summed E-state index contributed by atoms with van der Waals surface area (Å²) in [6, 6.07) is 8.95. The van der Waals surface area contributed by atoms with Crippen molar-refractivity contribution >= 4 is 11.0 Å². The first kappa shape index (κ1) is 16.9. The number of fused-ring (bicyclic) bond motifs is 1. The molecule has 1 saturated heterocycles. The third-order valence-electron chi connectivity index (χ3n) is 5.04. The van der Waals surface area contributed by atoms with Crippen LogP contribution in [0.15, 0.2) is 50.2 Å². The molecule has 2 aromatic heterocycles. The van der Waals surface area contributed by atoms with Crippen molar-refractivity contribution < 1.29 is 13.9 Å². The van der Waals surface area contributed by atoms with E-state index in [2.05, 4.69) is 9.80 Å². The minimum absolute atomic E-state index is 0.143. The zero-order chi connectivity index (χ0) is 18.1. The van der Waals surface area contributed by atoms with Crippen molar-refractivity contribution in [1.82, 2.24) is 9.80 Å². The van der Waals surface area contributed by atoms with E-state index in [-0.39, 0.29) is 11.4 Å². The Hall–Kier alpha value is -2.57. The number of aryl methyl sites for hydroxylation is 1. The molecule has 6 heteroatoms. The number of aromatic hydroxyl groups is 1. The predicted molar refractivity (Wildman–Crippen MR) is 98.1 cm³/mol. The Bertz CT molecular complexity index is 954. The van der Waals surface area contributed by atoms with Crippen molar-refractivity contribution in [3.05, 3.63) is 63.9 Å². The molecule has 0 atom stereocenters. The zero-order valence-corrected chi connectivity index (χ0v) is 14.8. The van der Waals surface area contributed by atoms with Gasteiger partial charge < -0.3 is 13.9 Å². The topological polar surface area (TPSA) is 70.1 Å². The molecule has 4 rings (SSSR count). The maximum atomic E-state index is 12.0. The van der Waals surface area contributed by atoms with Gasteiger partial charge in [0.2, 0.25) is 0 Å². The van der Waals surface area contributed by atoms with Crippen LogP contribution in [0.3, 0.4) is 0 Å². The Labute approximate surface area is 151 Å². The quantitative estimate of drug-likeness (QED) is 0.727. The lowest BCUT2D eigenvalue weighted by Crippen LogP contribution is -2.45. The van der Waals surface area contributed by atoms with Gasteiger partial charge in [0.25, 0.3) is 0 Å². The van der Waals surface area contributed by atoms with Gasteiger partial charge in [0, 0.05) is 49.7 Å². The molecule has 0 saturated carbocycles. The fourth-order valence-corrected chi connectivity index (χ4v) is 3.52. The van der Waals surface area contributed by atoms with Gasteiger partial charge in [-0.15, -0.1) is 0 Å². The lowest BCUT2D eigenvalue weighted by Gasteiger charge is -2.34. The number of phenols is 1. The summed E-state index contributed by atoms with van der Waals surface area (Å²) >= 11 is 0. The standard InChI is InChI=1S/C20H22N2O4/c1-14-18(23)5-4-17-15(11-19(24)26-20(14)17)12-21-6-8-22(9-7-21)13-16-3-2-10-25-16/h2-5,10-11,23H,6-9,12-13H2,1H3. The van der Waals surface area contributed by atoms with E-state index in [0.29, 0.717) is 17.7 Å². The Morgan fingerprint density at radius 2 is 1.81 bits per heavy atom. The monoisotopic (exact) mass is 354 g/mol. The van der Waals surface area contributed by atoms with Crippen molar-refractivity contribution in [2.45, 2.75) is 20.0 Å². The summed E-state index contributed by atoms with van der Waals surface area (Å²) in [4.78, 5) is 16.7. The van der Waals surface area contributed by atoms with Crippen LogP contribution in [0, 0.1) is 6.92 Å². The van der Waals surface area contributed by atoms with Gasteiger partial charge in [0.05, 0.1) is 12.8 Å². The van der Waals surface area contributed by atoms with Crippen LogP contribution in [0.25, 0.3) is 11.0 Å². The molecule has 0 amide bonds. The molecule has 1 aliphatic heterocycles. The van der Waals surface area contributed by atoms with Crippen LogP contribution in [0.5, 0.6) is 5.75 Å². The highest BCUT2D eigenvalue weighted by atomic mass is 16.4. The number of piperazine rings is 1. The smallest absolute Gasteiger partial charge is 0.336 e. The van der Waals surface area contributed by atoms with Gasteiger partial charge in [-0.1, -0.05) is 0 Å². The van der Waals surface area contributed by atoms with Crippen LogP contribution < -0.4 is 5.63 Å². The second kappa shape index (κ2) is 6.97. The van der Waals surface area contributed by atoms with E-state index >= 15 is 0 Å². The SMILES string of the molecule is Cc1c(O)ccc2c(CN3CCN(Cc4ccco4)CC3)cc(=O)oc12. The molecule has 3 aromatic rings.